The first kappa shape index (κ1) is 13.6. The normalized spacial score (nSPS) is 17.9. The zero-order valence-corrected chi connectivity index (χ0v) is 12.8. The Balaban J connectivity index is 1.65. The maximum absolute atomic E-state index is 2.58. The highest BCUT2D eigenvalue weighted by molar-refractivity contribution is 7.99. The van der Waals surface area contributed by atoms with Crippen LogP contribution in [0.5, 0.6) is 0 Å². The summed E-state index contributed by atoms with van der Waals surface area (Å²) in [6.07, 6.45) is 2.49. The highest BCUT2D eigenvalue weighted by Gasteiger charge is 2.21. The first-order chi connectivity index (χ1) is 9.84. The Morgan fingerprint density at radius 3 is 2.65 bits per heavy atom. The lowest BCUT2D eigenvalue weighted by Crippen LogP contribution is -2.38. The average Bonchev–Trinajstić information content (AvgIpc) is 2.50. The minimum atomic E-state index is 0.654. The van der Waals surface area contributed by atoms with Crippen LogP contribution in [-0.4, -0.2) is 18.3 Å². The van der Waals surface area contributed by atoms with Gasteiger partial charge in [0.2, 0.25) is 0 Å². The lowest BCUT2D eigenvalue weighted by molar-refractivity contribution is 0.574. The van der Waals surface area contributed by atoms with Crippen LogP contribution in [0, 0.1) is 0 Å². The van der Waals surface area contributed by atoms with Gasteiger partial charge in [-0.2, -0.15) is 0 Å². The van der Waals surface area contributed by atoms with Gasteiger partial charge in [-0.05, 0) is 43.5 Å². The molecular formula is C18H21NS. The Kier molecular flexibility index (Phi) is 4.31. The zero-order chi connectivity index (χ0) is 13.8. The summed E-state index contributed by atoms with van der Waals surface area (Å²) < 4.78 is 0. The molecule has 0 radical (unpaired) electrons. The summed E-state index contributed by atoms with van der Waals surface area (Å²) in [6, 6.07) is 20.2. The van der Waals surface area contributed by atoms with Gasteiger partial charge in [0.1, 0.15) is 0 Å². The topological polar surface area (TPSA) is 3.24 Å². The van der Waals surface area contributed by atoms with Gasteiger partial charge in [-0.15, -0.1) is 11.8 Å². The largest absolute Gasteiger partial charge is 0.368 e. The second-order valence-corrected chi connectivity index (χ2v) is 6.54. The summed E-state index contributed by atoms with van der Waals surface area (Å²) in [5, 5.41) is 0. The molecule has 2 aromatic rings. The predicted octanol–water partition coefficient (Wildman–Crippen LogP) is 4.62. The van der Waals surface area contributed by atoms with E-state index < -0.39 is 0 Å². The van der Waals surface area contributed by atoms with E-state index in [1.165, 1.54) is 29.0 Å². The minimum absolute atomic E-state index is 0.654. The van der Waals surface area contributed by atoms with Crippen molar-refractivity contribution >= 4 is 17.4 Å². The number of fused-ring (bicyclic) bond motifs is 1. The van der Waals surface area contributed by atoms with Crippen molar-refractivity contribution in [3.63, 3.8) is 0 Å². The number of nitrogens with zero attached hydrogens (tertiary/aromatic N) is 1. The quantitative estimate of drug-likeness (QED) is 0.753. The molecule has 0 N–H and O–H groups in total. The fourth-order valence-electron chi connectivity index (χ4n) is 2.88. The van der Waals surface area contributed by atoms with Crippen LogP contribution < -0.4 is 4.90 Å². The van der Waals surface area contributed by atoms with E-state index >= 15 is 0 Å². The number of para-hydroxylation sites is 1. The summed E-state index contributed by atoms with van der Waals surface area (Å²) >= 11 is 1.95. The van der Waals surface area contributed by atoms with Gasteiger partial charge in [0.15, 0.2) is 0 Å². The predicted molar refractivity (Wildman–Crippen MR) is 88.7 cm³/mol. The van der Waals surface area contributed by atoms with Crippen molar-refractivity contribution in [2.45, 2.75) is 30.7 Å². The van der Waals surface area contributed by atoms with Crippen LogP contribution in [0.2, 0.25) is 0 Å². The number of aryl methyl sites for hydroxylation is 1. The highest BCUT2D eigenvalue weighted by Crippen LogP contribution is 2.30. The van der Waals surface area contributed by atoms with Gasteiger partial charge in [-0.3, -0.25) is 0 Å². The molecule has 1 nitrogen and oxygen atoms in total. The summed E-state index contributed by atoms with van der Waals surface area (Å²) in [5.74, 6) is 1.14. The van der Waals surface area contributed by atoms with E-state index in [2.05, 4.69) is 66.4 Å². The van der Waals surface area contributed by atoms with Crippen molar-refractivity contribution in [3.05, 3.63) is 60.2 Å². The van der Waals surface area contributed by atoms with Gasteiger partial charge < -0.3 is 4.90 Å². The van der Waals surface area contributed by atoms with Crippen LogP contribution in [0.3, 0.4) is 0 Å². The number of rotatable bonds is 4. The second kappa shape index (κ2) is 6.36. The molecule has 0 spiro atoms. The molecule has 0 amide bonds. The van der Waals surface area contributed by atoms with Crippen LogP contribution in [0.4, 0.5) is 5.69 Å². The van der Waals surface area contributed by atoms with Crippen molar-refractivity contribution in [2.75, 3.05) is 17.2 Å². The molecule has 0 saturated carbocycles. The van der Waals surface area contributed by atoms with Crippen LogP contribution >= 0.6 is 11.8 Å². The molecule has 0 saturated heterocycles. The Hall–Kier alpha value is -1.41. The summed E-state index contributed by atoms with van der Waals surface area (Å²) in [5.41, 5.74) is 2.95. The molecule has 2 aromatic carbocycles. The molecule has 0 aliphatic carbocycles. The number of thioether (sulfide) groups is 1. The lowest BCUT2D eigenvalue weighted by Gasteiger charge is -2.37. The Morgan fingerprint density at radius 1 is 1.05 bits per heavy atom. The summed E-state index contributed by atoms with van der Waals surface area (Å²) in [6.45, 7) is 3.47. The molecule has 3 rings (SSSR count). The van der Waals surface area contributed by atoms with Gasteiger partial charge >= 0.3 is 0 Å². The average molecular weight is 283 g/mol. The van der Waals surface area contributed by atoms with Crippen LogP contribution in [-0.2, 0) is 6.42 Å². The number of anilines is 1. The first-order valence-corrected chi connectivity index (χ1v) is 8.35. The van der Waals surface area contributed by atoms with Gasteiger partial charge in [0.25, 0.3) is 0 Å². The lowest BCUT2D eigenvalue weighted by atomic mass is 9.97. The smallest absolute Gasteiger partial charge is 0.0401 e. The number of hydrogen-bond donors (Lipinski definition) is 0. The molecule has 2 heteroatoms. The second-order valence-electron chi connectivity index (χ2n) is 5.37. The SMILES string of the molecule is CC1CCc2ccccc2N1CCSc1ccccc1. The Labute approximate surface area is 126 Å². The third kappa shape index (κ3) is 3.01. The summed E-state index contributed by atoms with van der Waals surface area (Å²) in [7, 11) is 0. The van der Waals surface area contributed by atoms with Crippen molar-refractivity contribution in [3.8, 4) is 0 Å². The molecule has 104 valence electrons. The third-order valence-electron chi connectivity index (χ3n) is 4.01. The maximum atomic E-state index is 2.58. The summed E-state index contributed by atoms with van der Waals surface area (Å²) in [4.78, 5) is 3.94. The number of benzene rings is 2. The molecule has 0 fully saturated rings. The standard InChI is InChI=1S/C18H21NS/c1-15-11-12-16-7-5-6-10-18(16)19(15)13-14-20-17-8-3-2-4-9-17/h2-10,15H,11-14H2,1H3. The van der Waals surface area contributed by atoms with E-state index in [9.17, 15) is 0 Å². The van der Waals surface area contributed by atoms with Crippen molar-refractivity contribution < 1.29 is 0 Å². The zero-order valence-electron chi connectivity index (χ0n) is 12.0. The van der Waals surface area contributed by atoms with E-state index in [0.717, 1.165) is 12.3 Å². The van der Waals surface area contributed by atoms with Crippen molar-refractivity contribution in [1.29, 1.82) is 0 Å². The van der Waals surface area contributed by atoms with Gasteiger partial charge in [0, 0.05) is 28.9 Å². The van der Waals surface area contributed by atoms with Crippen LogP contribution in [0.15, 0.2) is 59.5 Å². The van der Waals surface area contributed by atoms with E-state index in [1.54, 1.807) is 0 Å². The maximum Gasteiger partial charge on any atom is 0.0401 e. The highest BCUT2D eigenvalue weighted by atomic mass is 32.2. The third-order valence-corrected chi connectivity index (χ3v) is 5.00. The monoisotopic (exact) mass is 283 g/mol. The fraction of sp³-hybridized carbons (Fsp3) is 0.333. The minimum Gasteiger partial charge on any atom is -0.368 e. The molecule has 1 aliphatic heterocycles. The van der Waals surface area contributed by atoms with E-state index in [0.29, 0.717) is 6.04 Å². The molecule has 0 bridgehead atoms. The molecule has 1 aliphatic rings. The van der Waals surface area contributed by atoms with Gasteiger partial charge in [0.05, 0.1) is 0 Å². The number of hydrogen-bond acceptors (Lipinski definition) is 2. The van der Waals surface area contributed by atoms with Crippen molar-refractivity contribution in [2.24, 2.45) is 0 Å². The van der Waals surface area contributed by atoms with E-state index in [1.807, 2.05) is 11.8 Å². The Bertz CT molecular complexity index is 552. The van der Waals surface area contributed by atoms with Gasteiger partial charge in [-0.1, -0.05) is 36.4 Å². The van der Waals surface area contributed by atoms with E-state index in [4.69, 9.17) is 0 Å². The molecule has 1 atom stereocenters. The van der Waals surface area contributed by atoms with E-state index in [-0.39, 0.29) is 0 Å². The van der Waals surface area contributed by atoms with Crippen LogP contribution in [0.1, 0.15) is 18.9 Å². The van der Waals surface area contributed by atoms with Crippen molar-refractivity contribution in [1.82, 2.24) is 0 Å². The fourth-order valence-corrected chi connectivity index (χ4v) is 3.75. The molecule has 1 unspecified atom stereocenters. The van der Waals surface area contributed by atoms with Crippen LogP contribution in [0.25, 0.3) is 0 Å². The first-order valence-electron chi connectivity index (χ1n) is 7.37. The molecular weight excluding hydrogens is 262 g/mol. The molecule has 0 aromatic heterocycles. The molecule has 20 heavy (non-hydrogen) atoms. The van der Waals surface area contributed by atoms with Gasteiger partial charge in [-0.25, -0.2) is 0 Å². The Morgan fingerprint density at radius 2 is 1.80 bits per heavy atom. The molecule has 1 heterocycles.